The number of carbonyl (C=O) groups is 1. The van der Waals surface area contributed by atoms with E-state index in [1.807, 2.05) is 0 Å². The van der Waals surface area contributed by atoms with Crippen molar-refractivity contribution < 1.29 is 31.5 Å². The van der Waals surface area contributed by atoms with Crippen LogP contribution in [0.3, 0.4) is 0 Å². The lowest BCUT2D eigenvalue weighted by atomic mass is 10.1. The molecule has 9 nitrogen and oxygen atoms in total. The molecular formula is C33H30Cl2F3N5O4S2. The molecule has 16 heteroatoms. The number of alkyl halides is 3. The van der Waals surface area contributed by atoms with Crippen molar-refractivity contribution in [1.29, 1.82) is 0 Å². The van der Waals surface area contributed by atoms with E-state index in [-0.39, 0.29) is 29.4 Å². The molecule has 1 amide bonds. The van der Waals surface area contributed by atoms with Crippen LogP contribution in [0.25, 0.3) is 16.3 Å². The number of aliphatic hydroxyl groups excluding tert-OH is 1. The molecule has 4 aromatic rings. The fourth-order valence-electron chi connectivity index (χ4n) is 5.70. The Kier molecular flexibility index (Phi) is 10.4. The van der Waals surface area contributed by atoms with Gasteiger partial charge in [0.25, 0.3) is 5.91 Å². The van der Waals surface area contributed by atoms with E-state index in [1.165, 1.54) is 38.5 Å². The number of nitrogens with one attached hydrogen (secondary N) is 1. The minimum absolute atomic E-state index is 0.0627. The lowest BCUT2D eigenvalue weighted by molar-refractivity contribution is -0.137. The monoisotopic (exact) mass is 751 g/mol. The summed E-state index contributed by atoms with van der Waals surface area (Å²) < 4.78 is 69.3. The zero-order valence-corrected chi connectivity index (χ0v) is 28.9. The van der Waals surface area contributed by atoms with Gasteiger partial charge in [-0.15, -0.1) is 11.3 Å². The van der Waals surface area contributed by atoms with Crippen molar-refractivity contribution in [2.75, 3.05) is 26.2 Å². The predicted molar refractivity (Wildman–Crippen MR) is 182 cm³/mol. The maximum absolute atomic E-state index is 13.9. The summed E-state index contributed by atoms with van der Waals surface area (Å²) in [5, 5.41) is 17.1. The van der Waals surface area contributed by atoms with Crippen LogP contribution in [0.2, 0.25) is 10.0 Å². The van der Waals surface area contributed by atoms with Crippen LogP contribution in [0.1, 0.15) is 57.7 Å². The number of amides is 1. The van der Waals surface area contributed by atoms with E-state index in [1.54, 1.807) is 29.3 Å². The van der Waals surface area contributed by atoms with Gasteiger partial charge in [-0.2, -0.15) is 22.6 Å². The molecule has 258 valence electrons. The fourth-order valence-corrected chi connectivity index (χ4v) is 8.71. The van der Waals surface area contributed by atoms with Gasteiger partial charge >= 0.3 is 6.18 Å². The average Bonchev–Trinajstić information content (AvgIpc) is 3.79. The standard InChI is InChI=1S/C33H30Cl2F3N5O4S2/c34-23-9-12-28(27(35)18-23)43-31(29-13-11-25(48-29)10-6-21-4-7-22(8-5-21)33(36,37)38)26(20-49(46,47)42-17-14-24(44)19-42)30(39-43)32(45)40-41-15-2-1-3-16-41/h4-5,7-9,11-13,18,24,44H,1-3,14-17,19-20H2,(H,40,45)/t24-/m1/s1. The minimum Gasteiger partial charge on any atom is -0.392 e. The summed E-state index contributed by atoms with van der Waals surface area (Å²) >= 11 is 14.0. The molecule has 0 spiro atoms. The van der Waals surface area contributed by atoms with E-state index in [9.17, 15) is 31.5 Å². The normalized spacial score (nSPS) is 17.6. The second-order valence-corrected chi connectivity index (χ2v) is 15.6. The highest BCUT2D eigenvalue weighted by molar-refractivity contribution is 7.88. The van der Waals surface area contributed by atoms with Gasteiger partial charge in [0.15, 0.2) is 5.69 Å². The number of thiophene rings is 1. The molecular weight excluding hydrogens is 722 g/mol. The van der Waals surface area contributed by atoms with Gasteiger partial charge in [0.1, 0.15) is 0 Å². The number of rotatable bonds is 7. The number of aromatic nitrogens is 2. The number of piperidine rings is 1. The van der Waals surface area contributed by atoms with Gasteiger partial charge in [0.2, 0.25) is 10.0 Å². The first-order valence-electron chi connectivity index (χ1n) is 15.4. The van der Waals surface area contributed by atoms with Gasteiger partial charge in [-0.1, -0.05) is 41.5 Å². The Morgan fingerprint density at radius 3 is 2.41 bits per heavy atom. The van der Waals surface area contributed by atoms with Gasteiger partial charge < -0.3 is 5.11 Å². The molecule has 2 saturated heterocycles. The Labute approximate surface area is 295 Å². The lowest BCUT2D eigenvalue weighted by Crippen LogP contribution is -2.45. The van der Waals surface area contributed by atoms with Crippen molar-refractivity contribution >= 4 is 50.5 Å². The highest BCUT2D eigenvalue weighted by Gasteiger charge is 2.36. The van der Waals surface area contributed by atoms with Crippen LogP contribution in [0.5, 0.6) is 0 Å². The Hall–Kier alpha value is -3.42. The Bertz CT molecular complexity index is 2030. The predicted octanol–water partition coefficient (Wildman–Crippen LogP) is 6.35. The second-order valence-electron chi connectivity index (χ2n) is 11.7. The molecule has 2 fully saturated rings. The molecule has 2 aliphatic rings. The summed E-state index contributed by atoms with van der Waals surface area (Å²) in [4.78, 5) is 14.9. The summed E-state index contributed by atoms with van der Waals surface area (Å²) in [5.41, 5.74) is 3.14. The molecule has 2 N–H and O–H groups in total. The second kappa shape index (κ2) is 14.4. The molecule has 2 aromatic carbocycles. The molecule has 49 heavy (non-hydrogen) atoms. The largest absolute Gasteiger partial charge is 0.416 e. The van der Waals surface area contributed by atoms with E-state index in [0.717, 1.165) is 31.4 Å². The maximum atomic E-state index is 13.9. The number of hydrogen-bond donors (Lipinski definition) is 2. The molecule has 1 atom stereocenters. The third-order valence-electron chi connectivity index (χ3n) is 8.18. The summed E-state index contributed by atoms with van der Waals surface area (Å²) in [6.45, 7) is 1.34. The van der Waals surface area contributed by atoms with Crippen molar-refractivity contribution in [2.24, 2.45) is 0 Å². The van der Waals surface area contributed by atoms with Gasteiger partial charge in [0.05, 0.1) is 43.6 Å². The molecule has 2 aliphatic heterocycles. The van der Waals surface area contributed by atoms with Gasteiger partial charge in [0, 0.05) is 42.3 Å². The van der Waals surface area contributed by atoms with Gasteiger partial charge in [-0.05, 0) is 73.9 Å². The number of hydrogen-bond acceptors (Lipinski definition) is 7. The zero-order valence-electron chi connectivity index (χ0n) is 25.8. The Morgan fingerprint density at radius 2 is 1.76 bits per heavy atom. The number of benzene rings is 2. The first kappa shape index (κ1) is 35.4. The molecule has 0 unspecified atom stereocenters. The van der Waals surface area contributed by atoms with Crippen molar-refractivity contribution in [1.82, 2.24) is 24.5 Å². The summed E-state index contributed by atoms with van der Waals surface area (Å²) in [5.74, 6) is 4.65. The van der Waals surface area contributed by atoms with Crippen LogP contribution in [0.4, 0.5) is 13.2 Å². The molecule has 0 saturated carbocycles. The SMILES string of the molecule is O=C(NN1CCCCC1)c1nn(-c2ccc(Cl)cc2Cl)c(-c2ccc(C#Cc3ccc(C(F)(F)F)cc3)s2)c1CS(=O)(=O)N1CC[C@@H](O)C1. The number of carbonyl (C=O) groups excluding carboxylic acids is 1. The van der Waals surface area contributed by atoms with Crippen LogP contribution >= 0.6 is 34.5 Å². The van der Waals surface area contributed by atoms with Crippen LogP contribution in [0.15, 0.2) is 54.6 Å². The number of nitrogens with zero attached hydrogens (tertiary/aromatic N) is 4. The van der Waals surface area contributed by atoms with Crippen LogP contribution in [0, 0.1) is 11.8 Å². The molecule has 0 radical (unpaired) electrons. The summed E-state index contributed by atoms with van der Waals surface area (Å²) in [6, 6.07) is 12.6. The van der Waals surface area contributed by atoms with Crippen LogP contribution in [-0.2, 0) is 22.0 Å². The number of β-amino-alcohol motifs (C(OH)–C–C–N with tert-alkyl or cyclic N) is 1. The highest BCUT2D eigenvalue weighted by atomic mass is 35.5. The molecule has 0 bridgehead atoms. The fraction of sp³-hybridized carbons (Fsp3) is 0.333. The highest BCUT2D eigenvalue weighted by Crippen LogP contribution is 2.38. The van der Waals surface area contributed by atoms with Crippen molar-refractivity contribution in [2.45, 2.75) is 43.7 Å². The Balaban J connectivity index is 1.46. The molecule has 4 heterocycles. The first-order valence-corrected chi connectivity index (χ1v) is 18.6. The topological polar surface area (TPSA) is 108 Å². The summed E-state index contributed by atoms with van der Waals surface area (Å²) in [6.07, 6.45) is -2.15. The average molecular weight is 753 g/mol. The number of halogens is 5. The van der Waals surface area contributed by atoms with E-state index in [0.29, 0.717) is 51.2 Å². The quantitative estimate of drug-likeness (QED) is 0.213. The van der Waals surface area contributed by atoms with Gasteiger partial charge in [-0.25, -0.2) is 18.1 Å². The molecule has 2 aromatic heterocycles. The van der Waals surface area contributed by atoms with E-state index >= 15 is 0 Å². The number of aliphatic hydroxyl groups is 1. The van der Waals surface area contributed by atoms with Gasteiger partial charge in [-0.3, -0.25) is 10.2 Å². The number of sulfonamides is 1. The van der Waals surface area contributed by atoms with Crippen molar-refractivity contribution in [3.63, 3.8) is 0 Å². The molecule has 6 rings (SSSR count). The Morgan fingerprint density at radius 1 is 1.02 bits per heavy atom. The summed E-state index contributed by atoms with van der Waals surface area (Å²) in [7, 11) is -4.04. The van der Waals surface area contributed by atoms with E-state index in [2.05, 4.69) is 22.4 Å². The maximum Gasteiger partial charge on any atom is 0.416 e. The van der Waals surface area contributed by atoms with Crippen molar-refractivity contribution in [3.05, 3.63) is 91.9 Å². The third kappa shape index (κ3) is 8.15. The number of hydrazine groups is 1. The smallest absolute Gasteiger partial charge is 0.392 e. The van der Waals surface area contributed by atoms with Crippen molar-refractivity contribution in [3.8, 4) is 28.1 Å². The van der Waals surface area contributed by atoms with E-state index < -0.39 is 39.5 Å². The molecule has 0 aliphatic carbocycles. The lowest BCUT2D eigenvalue weighted by Gasteiger charge is -2.26. The zero-order chi connectivity index (χ0) is 34.9. The third-order valence-corrected chi connectivity index (χ3v) is 11.5. The van der Waals surface area contributed by atoms with Crippen LogP contribution < -0.4 is 5.43 Å². The van der Waals surface area contributed by atoms with Crippen LogP contribution in [-0.4, -0.2) is 70.8 Å². The van der Waals surface area contributed by atoms with E-state index in [4.69, 9.17) is 23.2 Å². The minimum atomic E-state index is -4.46. The first-order chi connectivity index (χ1) is 23.3.